The van der Waals surface area contributed by atoms with Crippen LogP contribution in [-0.4, -0.2) is 50.4 Å². The van der Waals surface area contributed by atoms with Gasteiger partial charge < -0.3 is 14.7 Å². The first-order valence-corrected chi connectivity index (χ1v) is 13.6. The molecule has 1 fully saturated rings. The molecule has 3 aromatic rings. The summed E-state index contributed by atoms with van der Waals surface area (Å²) in [6, 6.07) is 26.4. The van der Waals surface area contributed by atoms with Gasteiger partial charge in [0, 0.05) is 6.54 Å². The minimum absolute atomic E-state index is 0.0491. The van der Waals surface area contributed by atoms with E-state index in [0.29, 0.717) is 23.8 Å². The zero-order chi connectivity index (χ0) is 24.0. The topological polar surface area (TPSA) is 66.8 Å². The first-order valence-electron chi connectivity index (χ1n) is 11.9. The van der Waals surface area contributed by atoms with Gasteiger partial charge in [-0.05, 0) is 68.1 Å². The third-order valence-electron chi connectivity index (χ3n) is 6.76. The standard InChI is InChI=1S/C28H33NO4S/c1-2-33-26-14-9-15-27(22-26)34(31,32)21-20-29-18-16-25(17-19-29)28(30,23-10-5-3-6-11-23)24-12-7-4-8-13-24/h3-15,22,25,30H,2,16-21H2,1H3. The Kier molecular flexibility index (Phi) is 7.71. The molecule has 1 aliphatic heterocycles. The molecule has 4 rings (SSSR count). The van der Waals surface area contributed by atoms with Crippen molar-refractivity contribution in [2.45, 2.75) is 30.3 Å². The summed E-state index contributed by atoms with van der Waals surface area (Å²) in [6.07, 6.45) is 1.58. The quantitative estimate of drug-likeness (QED) is 0.489. The van der Waals surface area contributed by atoms with Crippen LogP contribution in [-0.2, 0) is 15.4 Å². The van der Waals surface area contributed by atoms with Gasteiger partial charge in [0.05, 0.1) is 17.3 Å². The van der Waals surface area contributed by atoms with Crippen molar-refractivity contribution in [3.8, 4) is 5.75 Å². The summed E-state index contributed by atoms with van der Waals surface area (Å²) in [4.78, 5) is 2.49. The fraction of sp³-hybridized carbons (Fsp3) is 0.357. The smallest absolute Gasteiger partial charge is 0.179 e. The van der Waals surface area contributed by atoms with E-state index in [1.165, 1.54) is 0 Å². The number of hydrogen-bond acceptors (Lipinski definition) is 5. The number of sulfone groups is 1. The van der Waals surface area contributed by atoms with Crippen LogP contribution in [0, 0.1) is 5.92 Å². The van der Waals surface area contributed by atoms with E-state index >= 15 is 0 Å². The summed E-state index contributed by atoms with van der Waals surface area (Å²) in [5.41, 5.74) is 0.730. The third-order valence-corrected chi connectivity index (χ3v) is 8.45. The molecule has 1 aliphatic rings. The summed E-state index contributed by atoms with van der Waals surface area (Å²) in [7, 11) is -3.40. The van der Waals surface area contributed by atoms with Crippen LogP contribution in [0.3, 0.4) is 0 Å². The lowest BCUT2D eigenvalue weighted by molar-refractivity contribution is -0.0134. The highest BCUT2D eigenvalue weighted by Crippen LogP contribution is 2.41. The SMILES string of the molecule is CCOc1cccc(S(=O)(=O)CCN2CCC(C(O)(c3ccccc3)c3ccccc3)CC2)c1. The van der Waals surface area contributed by atoms with Gasteiger partial charge in [0.15, 0.2) is 9.84 Å². The van der Waals surface area contributed by atoms with Crippen LogP contribution < -0.4 is 4.74 Å². The first kappa shape index (κ1) is 24.5. The van der Waals surface area contributed by atoms with Gasteiger partial charge in [-0.3, -0.25) is 0 Å². The molecular weight excluding hydrogens is 446 g/mol. The predicted molar refractivity (Wildman–Crippen MR) is 135 cm³/mol. The third kappa shape index (κ3) is 5.35. The van der Waals surface area contributed by atoms with Crippen molar-refractivity contribution in [3.05, 3.63) is 96.1 Å². The first-order chi connectivity index (χ1) is 16.4. The fourth-order valence-electron chi connectivity index (χ4n) is 4.89. The van der Waals surface area contributed by atoms with Crippen molar-refractivity contribution in [2.75, 3.05) is 32.0 Å². The molecule has 6 heteroatoms. The van der Waals surface area contributed by atoms with Gasteiger partial charge in [-0.1, -0.05) is 66.7 Å². The molecule has 0 spiro atoms. The molecule has 1 heterocycles. The average molecular weight is 480 g/mol. The average Bonchev–Trinajstić information content (AvgIpc) is 2.89. The van der Waals surface area contributed by atoms with Crippen molar-refractivity contribution in [3.63, 3.8) is 0 Å². The normalized spacial score (nSPS) is 15.8. The highest BCUT2D eigenvalue weighted by atomic mass is 32.2. The van der Waals surface area contributed by atoms with Crippen molar-refractivity contribution in [2.24, 2.45) is 5.92 Å². The van der Waals surface area contributed by atoms with Crippen molar-refractivity contribution < 1.29 is 18.3 Å². The zero-order valence-electron chi connectivity index (χ0n) is 19.6. The Balaban J connectivity index is 1.43. The van der Waals surface area contributed by atoms with Crippen LogP contribution in [0.5, 0.6) is 5.75 Å². The second-order valence-corrected chi connectivity index (χ2v) is 11.0. The number of aliphatic hydroxyl groups is 1. The Morgan fingerprint density at radius 1 is 0.912 bits per heavy atom. The molecular formula is C28H33NO4S. The van der Waals surface area contributed by atoms with E-state index in [9.17, 15) is 13.5 Å². The maximum absolute atomic E-state index is 12.9. The molecule has 5 nitrogen and oxygen atoms in total. The Labute approximate surface area is 202 Å². The molecule has 1 N–H and O–H groups in total. The number of rotatable bonds is 9. The number of piperidine rings is 1. The van der Waals surface area contributed by atoms with Crippen LogP contribution in [0.15, 0.2) is 89.8 Å². The van der Waals surface area contributed by atoms with Gasteiger partial charge in [0.25, 0.3) is 0 Å². The van der Waals surface area contributed by atoms with Gasteiger partial charge in [-0.15, -0.1) is 0 Å². The van der Waals surface area contributed by atoms with Crippen LogP contribution in [0.1, 0.15) is 30.9 Å². The summed E-state index contributed by atoms with van der Waals surface area (Å²) in [5, 5.41) is 12.0. The maximum atomic E-state index is 12.9. The van der Waals surface area contributed by atoms with E-state index in [1.54, 1.807) is 24.3 Å². The van der Waals surface area contributed by atoms with Gasteiger partial charge in [-0.2, -0.15) is 0 Å². The molecule has 1 saturated heterocycles. The van der Waals surface area contributed by atoms with Gasteiger partial charge in [0.2, 0.25) is 0 Å². The maximum Gasteiger partial charge on any atom is 0.179 e. The summed E-state index contributed by atoms with van der Waals surface area (Å²) in [6.45, 7) is 4.35. The van der Waals surface area contributed by atoms with E-state index in [2.05, 4.69) is 4.90 Å². The molecule has 0 unspecified atom stereocenters. The van der Waals surface area contributed by atoms with E-state index in [-0.39, 0.29) is 11.7 Å². The largest absolute Gasteiger partial charge is 0.494 e. The van der Waals surface area contributed by atoms with Crippen LogP contribution >= 0.6 is 0 Å². The number of ether oxygens (including phenoxy) is 1. The number of likely N-dealkylation sites (tertiary alicyclic amines) is 1. The van der Waals surface area contributed by atoms with Crippen molar-refractivity contribution in [1.29, 1.82) is 0 Å². The monoisotopic (exact) mass is 479 g/mol. The van der Waals surface area contributed by atoms with E-state index in [0.717, 1.165) is 37.1 Å². The molecule has 0 amide bonds. The molecule has 3 aromatic carbocycles. The lowest BCUT2D eigenvalue weighted by Crippen LogP contribution is -2.45. The Morgan fingerprint density at radius 2 is 1.50 bits per heavy atom. The molecule has 0 atom stereocenters. The van der Waals surface area contributed by atoms with Crippen LogP contribution in [0.4, 0.5) is 0 Å². The minimum atomic E-state index is -3.40. The number of nitrogens with zero attached hydrogens (tertiary/aromatic N) is 1. The lowest BCUT2D eigenvalue weighted by atomic mass is 9.72. The van der Waals surface area contributed by atoms with Crippen molar-refractivity contribution in [1.82, 2.24) is 4.90 Å². The summed E-state index contributed by atoms with van der Waals surface area (Å²) >= 11 is 0. The van der Waals surface area contributed by atoms with Crippen LogP contribution in [0.25, 0.3) is 0 Å². The van der Waals surface area contributed by atoms with Gasteiger partial charge in [-0.25, -0.2) is 8.42 Å². The minimum Gasteiger partial charge on any atom is -0.494 e. The molecule has 34 heavy (non-hydrogen) atoms. The Morgan fingerprint density at radius 3 is 2.06 bits per heavy atom. The Hall–Kier alpha value is -2.67. The van der Waals surface area contributed by atoms with E-state index in [1.807, 2.05) is 67.6 Å². The fourth-order valence-corrected chi connectivity index (χ4v) is 6.20. The second kappa shape index (κ2) is 10.7. The summed E-state index contributed by atoms with van der Waals surface area (Å²) < 4.78 is 31.3. The second-order valence-electron chi connectivity index (χ2n) is 8.84. The van der Waals surface area contributed by atoms with Gasteiger partial charge >= 0.3 is 0 Å². The van der Waals surface area contributed by atoms with E-state index < -0.39 is 15.4 Å². The molecule has 0 bridgehead atoms. The summed E-state index contributed by atoms with van der Waals surface area (Å²) in [5.74, 6) is 0.688. The molecule has 0 radical (unpaired) electrons. The number of hydrogen-bond donors (Lipinski definition) is 1. The number of benzene rings is 3. The van der Waals surface area contributed by atoms with Crippen molar-refractivity contribution >= 4 is 9.84 Å². The van der Waals surface area contributed by atoms with Crippen LogP contribution in [0.2, 0.25) is 0 Å². The molecule has 180 valence electrons. The van der Waals surface area contributed by atoms with E-state index in [4.69, 9.17) is 4.74 Å². The highest BCUT2D eigenvalue weighted by molar-refractivity contribution is 7.91. The van der Waals surface area contributed by atoms with Gasteiger partial charge in [0.1, 0.15) is 11.4 Å². The molecule has 0 saturated carbocycles. The molecule has 0 aromatic heterocycles. The predicted octanol–water partition coefficient (Wildman–Crippen LogP) is 4.51. The Bertz CT molecular complexity index is 1120. The molecule has 0 aliphatic carbocycles. The zero-order valence-corrected chi connectivity index (χ0v) is 20.5. The highest BCUT2D eigenvalue weighted by Gasteiger charge is 2.41. The lowest BCUT2D eigenvalue weighted by Gasteiger charge is -2.42.